The van der Waals surface area contributed by atoms with E-state index >= 15 is 0 Å². The molecule has 0 aliphatic carbocycles. The minimum atomic E-state index is -1.05. The Hall–Kier alpha value is -4.47. The molecule has 0 radical (unpaired) electrons. The van der Waals surface area contributed by atoms with Crippen molar-refractivity contribution < 1.29 is 19.6 Å². The number of amides is 1. The Morgan fingerprint density at radius 2 is 1.94 bits per heavy atom. The molecule has 3 rings (SSSR count). The summed E-state index contributed by atoms with van der Waals surface area (Å²) in [5.74, 6) is -0.801. The van der Waals surface area contributed by atoms with Crippen LogP contribution in [0.4, 0.5) is 11.4 Å². The predicted octanol–water partition coefficient (Wildman–Crippen LogP) is 2.88. The lowest BCUT2D eigenvalue weighted by molar-refractivity contribution is -0.387. The van der Waals surface area contributed by atoms with Crippen molar-refractivity contribution in [1.82, 2.24) is 9.97 Å². The highest BCUT2D eigenvalue weighted by Crippen LogP contribution is 2.18. The normalized spacial score (nSPS) is 10.7. The minimum Gasteiger partial charge on any atom is -0.488 e. The molecule has 0 fully saturated rings. The van der Waals surface area contributed by atoms with Crippen molar-refractivity contribution in [3.63, 3.8) is 0 Å². The molecular formula is C21H18N4O6. The van der Waals surface area contributed by atoms with E-state index in [2.05, 4.69) is 15.3 Å². The molecule has 0 unspecified atom stereocenters. The Morgan fingerprint density at radius 1 is 1.23 bits per heavy atom. The quantitative estimate of drug-likeness (QED) is 0.392. The number of nitrogens with one attached hydrogen (secondary N) is 2. The third-order valence-electron chi connectivity index (χ3n) is 4.18. The fourth-order valence-electron chi connectivity index (χ4n) is 2.61. The molecule has 0 aliphatic rings. The number of anilines is 1. The summed E-state index contributed by atoms with van der Waals surface area (Å²) in [4.78, 5) is 39.2. The zero-order chi connectivity index (χ0) is 22.4. The van der Waals surface area contributed by atoms with Crippen LogP contribution in [0.3, 0.4) is 0 Å². The summed E-state index contributed by atoms with van der Waals surface area (Å²) in [5.41, 5.74) is 0.317. The number of nitrogens with zero attached hydrogens (tertiary/aromatic N) is 2. The lowest BCUT2D eigenvalue weighted by atomic mass is 10.2. The first-order valence-electron chi connectivity index (χ1n) is 9.07. The number of aromatic nitrogens is 2. The molecule has 0 atom stereocenters. The molecule has 31 heavy (non-hydrogen) atoms. The van der Waals surface area contributed by atoms with Gasteiger partial charge in [-0.15, -0.1) is 0 Å². The smallest absolute Gasteiger partial charge is 0.395 e. The third kappa shape index (κ3) is 5.54. The predicted molar refractivity (Wildman–Crippen MR) is 114 cm³/mol. The molecule has 1 amide bonds. The van der Waals surface area contributed by atoms with Crippen LogP contribution in [0, 0.1) is 17.0 Å². The van der Waals surface area contributed by atoms with Crippen molar-refractivity contribution in [1.29, 1.82) is 0 Å². The third-order valence-corrected chi connectivity index (χ3v) is 4.18. The summed E-state index contributed by atoms with van der Waals surface area (Å²) < 4.78 is 5.47. The van der Waals surface area contributed by atoms with E-state index in [1.807, 2.05) is 25.1 Å². The van der Waals surface area contributed by atoms with Gasteiger partial charge in [-0.1, -0.05) is 36.4 Å². The summed E-state index contributed by atoms with van der Waals surface area (Å²) in [6.45, 7) is 1.74. The van der Waals surface area contributed by atoms with Crippen molar-refractivity contribution in [2.45, 2.75) is 6.92 Å². The number of aryl methyl sites for hydroxylation is 1. The highest BCUT2D eigenvalue weighted by Gasteiger charge is 2.21. The van der Waals surface area contributed by atoms with E-state index in [0.717, 1.165) is 11.3 Å². The number of ether oxygens (including phenoxy) is 1. The zero-order valence-electron chi connectivity index (χ0n) is 16.4. The minimum absolute atomic E-state index is 0.0405. The number of H-pyrrole nitrogens is 1. The number of carbonyl (C=O) groups excluding carboxylic acids is 1. The van der Waals surface area contributed by atoms with E-state index in [1.54, 1.807) is 36.4 Å². The highest BCUT2D eigenvalue weighted by atomic mass is 16.6. The van der Waals surface area contributed by atoms with Crippen LogP contribution in [0.1, 0.15) is 17.0 Å². The fourth-order valence-corrected chi connectivity index (χ4v) is 2.61. The zero-order valence-corrected chi connectivity index (χ0v) is 16.4. The van der Waals surface area contributed by atoms with Crippen molar-refractivity contribution in [2.24, 2.45) is 0 Å². The van der Waals surface area contributed by atoms with Gasteiger partial charge < -0.3 is 20.1 Å². The van der Waals surface area contributed by atoms with Gasteiger partial charge in [0.2, 0.25) is 0 Å². The van der Waals surface area contributed by atoms with E-state index in [0.29, 0.717) is 11.3 Å². The molecule has 3 aromatic rings. The molecule has 0 saturated heterocycles. The largest absolute Gasteiger partial charge is 0.488 e. The van der Waals surface area contributed by atoms with Gasteiger partial charge in [0.25, 0.3) is 11.8 Å². The summed E-state index contributed by atoms with van der Waals surface area (Å²) in [7, 11) is 0. The maximum atomic E-state index is 12.0. The van der Waals surface area contributed by atoms with Crippen molar-refractivity contribution in [3.8, 4) is 11.6 Å². The summed E-state index contributed by atoms with van der Waals surface area (Å²) in [5, 5.41) is 23.0. The first kappa shape index (κ1) is 21.2. The number of benzene rings is 2. The molecule has 3 N–H and O–H groups in total. The number of para-hydroxylation sites is 1. The topological polar surface area (TPSA) is 147 Å². The molecule has 0 bridgehead atoms. The van der Waals surface area contributed by atoms with Crippen LogP contribution in [0.5, 0.6) is 11.6 Å². The monoisotopic (exact) mass is 422 g/mol. The van der Waals surface area contributed by atoms with Gasteiger partial charge in [-0.05, 0) is 42.3 Å². The molecule has 0 aliphatic heterocycles. The van der Waals surface area contributed by atoms with Gasteiger partial charge in [0.1, 0.15) is 11.6 Å². The number of hydrogen-bond donors (Lipinski definition) is 3. The van der Waals surface area contributed by atoms with E-state index in [9.17, 15) is 24.8 Å². The second-order valence-electron chi connectivity index (χ2n) is 6.43. The van der Waals surface area contributed by atoms with Crippen LogP contribution >= 0.6 is 0 Å². The van der Waals surface area contributed by atoms with E-state index in [-0.39, 0.29) is 18.3 Å². The van der Waals surface area contributed by atoms with E-state index in [1.165, 1.54) is 6.08 Å². The SMILES string of the molecule is Cc1ccccc1NC(=O)COc1ccc(/C=C/c2nc(O)c([N+](=O)[O-])c(=O)[nH]2)cc1. The first-order valence-corrected chi connectivity index (χ1v) is 9.07. The van der Waals surface area contributed by atoms with Gasteiger partial charge in [0, 0.05) is 5.69 Å². The van der Waals surface area contributed by atoms with Gasteiger partial charge in [0.05, 0.1) is 4.92 Å². The van der Waals surface area contributed by atoms with Gasteiger partial charge in [-0.2, -0.15) is 4.98 Å². The molecule has 1 aromatic heterocycles. The Kier molecular flexibility index (Phi) is 6.41. The lowest BCUT2D eigenvalue weighted by Gasteiger charge is -2.09. The average molecular weight is 422 g/mol. The number of aromatic amines is 1. The summed E-state index contributed by atoms with van der Waals surface area (Å²) in [6, 6.07) is 14.1. The fraction of sp³-hybridized carbons (Fsp3) is 0.0952. The van der Waals surface area contributed by atoms with Crippen LogP contribution < -0.4 is 15.6 Å². The molecule has 0 spiro atoms. The Balaban J connectivity index is 1.59. The van der Waals surface area contributed by atoms with Crippen molar-refractivity contribution in [3.05, 3.63) is 86.0 Å². The molecule has 0 saturated carbocycles. The first-order chi connectivity index (χ1) is 14.8. The van der Waals surface area contributed by atoms with E-state index in [4.69, 9.17) is 4.74 Å². The van der Waals surface area contributed by atoms with Crippen LogP contribution in [0.25, 0.3) is 12.2 Å². The maximum Gasteiger partial charge on any atom is 0.395 e. The van der Waals surface area contributed by atoms with Crippen LogP contribution in [-0.4, -0.2) is 32.5 Å². The molecule has 10 nitrogen and oxygen atoms in total. The summed E-state index contributed by atoms with van der Waals surface area (Å²) >= 11 is 0. The van der Waals surface area contributed by atoms with Gasteiger partial charge in [0.15, 0.2) is 6.61 Å². The second-order valence-corrected chi connectivity index (χ2v) is 6.43. The summed E-state index contributed by atoms with van der Waals surface area (Å²) in [6.07, 6.45) is 2.97. The molecular weight excluding hydrogens is 404 g/mol. The van der Waals surface area contributed by atoms with Crippen molar-refractivity contribution in [2.75, 3.05) is 11.9 Å². The Bertz CT molecular complexity index is 1200. The van der Waals surface area contributed by atoms with Crippen LogP contribution in [-0.2, 0) is 4.79 Å². The average Bonchev–Trinajstić information content (AvgIpc) is 2.72. The Labute approximate surface area is 176 Å². The lowest BCUT2D eigenvalue weighted by Crippen LogP contribution is -2.20. The molecule has 158 valence electrons. The maximum absolute atomic E-state index is 12.0. The molecule has 2 aromatic carbocycles. The van der Waals surface area contributed by atoms with E-state index < -0.39 is 22.0 Å². The number of carbonyl (C=O) groups is 1. The van der Waals surface area contributed by atoms with Gasteiger partial charge in [-0.3, -0.25) is 19.7 Å². The number of aromatic hydroxyl groups is 1. The van der Waals surface area contributed by atoms with Crippen LogP contribution in [0.15, 0.2) is 53.3 Å². The number of rotatable bonds is 7. The molecule has 10 heteroatoms. The van der Waals surface area contributed by atoms with Gasteiger partial charge >= 0.3 is 11.2 Å². The Morgan fingerprint density at radius 3 is 2.58 bits per heavy atom. The molecule has 1 heterocycles. The standard InChI is InChI=1S/C21H18N4O6/c1-13-4-2-3-5-16(13)22-18(26)12-31-15-9-6-14(7-10-15)8-11-17-23-20(27)19(25(29)30)21(28)24-17/h2-11H,12H2,1H3,(H,22,26)(H2,23,24,27,28)/b11-8+. The number of hydrogen-bond acceptors (Lipinski definition) is 7. The van der Waals surface area contributed by atoms with Crippen molar-refractivity contribution >= 4 is 29.4 Å². The van der Waals surface area contributed by atoms with Gasteiger partial charge in [-0.25, -0.2) is 0 Å². The highest BCUT2D eigenvalue weighted by molar-refractivity contribution is 5.92. The van der Waals surface area contributed by atoms with Crippen LogP contribution in [0.2, 0.25) is 0 Å². The second kappa shape index (κ2) is 9.35. The number of nitro groups is 1.